The van der Waals surface area contributed by atoms with E-state index in [1.807, 2.05) is 4.90 Å². The van der Waals surface area contributed by atoms with Crippen molar-refractivity contribution in [1.82, 2.24) is 4.90 Å². The number of alkyl halides is 1. The topological polar surface area (TPSA) is 54.5 Å². The van der Waals surface area contributed by atoms with Crippen molar-refractivity contribution in [3.8, 4) is 0 Å². The average molecular weight is 310 g/mol. The maximum absolute atomic E-state index is 11.8. The number of sulfone groups is 1. The summed E-state index contributed by atoms with van der Waals surface area (Å²) in [6.07, 6.45) is 1.83. The number of hydrogen-bond donors (Lipinski definition) is 0. The minimum atomic E-state index is -2.83. The molecule has 4 nitrogen and oxygen atoms in total. The molecule has 2 saturated heterocycles. The van der Waals surface area contributed by atoms with Crippen LogP contribution in [0.25, 0.3) is 0 Å². The summed E-state index contributed by atoms with van der Waals surface area (Å²) >= 11 is 3.40. The standard InChI is InChI=1S/C10H16BrNO3S/c11-6-8-5-10(13)12(7-8)9-1-3-16(14,15)4-2-9/h8-9H,1-7H2. The number of halogens is 1. The quantitative estimate of drug-likeness (QED) is 0.709. The summed E-state index contributed by atoms with van der Waals surface area (Å²) in [4.78, 5) is 13.6. The fraction of sp³-hybridized carbons (Fsp3) is 0.900. The third-order valence-electron chi connectivity index (χ3n) is 3.42. The first kappa shape index (κ1) is 12.4. The minimum Gasteiger partial charge on any atom is -0.339 e. The minimum absolute atomic E-state index is 0.153. The lowest BCUT2D eigenvalue weighted by Crippen LogP contribution is -2.42. The highest BCUT2D eigenvalue weighted by Crippen LogP contribution is 2.26. The molecule has 0 radical (unpaired) electrons. The Labute approximate surface area is 104 Å². The van der Waals surface area contributed by atoms with Gasteiger partial charge in [0.2, 0.25) is 5.91 Å². The van der Waals surface area contributed by atoms with E-state index in [1.165, 1.54) is 0 Å². The van der Waals surface area contributed by atoms with Crippen LogP contribution >= 0.6 is 15.9 Å². The molecule has 2 heterocycles. The summed E-state index contributed by atoms with van der Waals surface area (Å²) in [6, 6.07) is 0.153. The molecule has 0 aliphatic carbocycles. The Morgan fingerprint density at radius 1 is 1.31 bits per heavy atom. The Kier molecular flexibility index (Phi) is 3.59. The molecule has 1 unspecified atom stereocenters. The van der Waals surface area contributed by atoms with Gasteiger partial charge in [-0.1, -0.05) is 15.9 Å². The van der Waals surface area contributed by atoms with Crippen molar-refractivity contribution in [2.45, 2.75) is 25.3 Å². The molecule has 0 bridgehead atoms. The zero-order valence-corrected chi connectivity index (χ0v) is 11.5. The Hall–Kier alpha value is -0.100. The van der Waals surface area contributed by atoms with Gasteiger partial charge in [0.15, 0.2) is 0 Å². The van der Waals surface area contributed by atoms with E-state index in [-0.39, 0.29) is 23.5 Å². The van der Waals surface area contributed by atoms with Gasteiger partial charge in [-0.3, -0.25) is 4.79 Å². The molecule has 0 spiro atoms. The maximum Gasteiger partial charge on any atom is 0.223 e. The summed E-state index contributed by atoms with van der Waals surface area (Å²) in [5.41, 5.74) is 0. The number of carbonyl (C=O) groups excluding carboxylic acids is 1. The molecule has 1 atom stereocenters. The average Bonchev–Trinajstić information content (AvgIpc) is 2.60. The largest absolute Gasteiger partial charge is 0.339 e. The fourth-order valence-corrected chi connectivity index (χ4v) is 4.35. The molecule has 16 heavy (non-hydrogen) atoms. The third kappa shape index (κ3) is 2.59. The first-order valence-electron chi connectivity index (χ1n) is 5.57. The molecule has 2 aliphatic rings. The molecule has 0 N–H and O–H groups in total. The van der Waals surface area contributed by atoms with Crippen LogP contribution in [0, 0.1) is 5.92 Å². The van der Waals surface area contributed by atoms with Crippen LogP contribution < -0.4 is 0 Å². The highest BCUT2D eigenvalue weighted by molar-refractivity contribution is 9.09. The summed E-state index contributed by atoms with van der Waals surface area (Å²) in [5, 5.41) is 0.847. The highest BCUT2D eigenvalue weighted by atomic mass is 79.9. The van der Waals surface area contributed by atoms with E-state index >= 15 is 0 Å². The first-order chi connectivity index (χ1) is 7.52. The van der Waals surface area contributed by atoms with Crippen molar-refractivity contribution in [1.29, 1.82) is 0 Å². The lowest BCUT2D eigenvalue weighted by atomic mass is 10.1. The van der Waals surface area contributed by atoms with Crippen LogP contribution in [-0.2, 0) is 14.6 Å². The Balaban J connectivity index is 1.97. The molecule has 0 aromatic heterocycles. The number of likely N-dealkylation sites (tertiary alicyclic amines) is 1. The molecule has 0 aromatic carbocycles. The lowest BCUT2D eigenvalue weighted by molar-refractivity contribution is -0.129. The van der Waals surface area contributed by atoms with Crippen molar-refractivity contribution in [3.63, 3.8) is 0 Å². The smallest absolute Gasteiger partial charge is 0.223 e. The predicted octanol–water partition coefficient (Wildman–Crippen LogP) is 0.807. The number of rotatable bonds is 2. The van der Waals surface area contributed by atoms with Gasteiger partial charge in [0.05, 0.1) is 11.5 Å². The van der Waals surface area contributed by atoms with E-state index in [0.29, 0.717) is 25.2 Å². The molecule has 92 valence electrons. The van der Waals surface area contributed by atoms with Crippen LogP contribution in [0.2, 0.25) is 0 Å². The summed E-state index contributed by atoms with van der Waals surface area (Å²) in [7, 11) is -2.83. The summed E-state index contributed by atoms with van der Waals surface area (Å²) < 4.78 is 22.6. The van der Waals surface area contributed by atoms with Crippen LogP contribution in [0.5, 0.6) is 0 Å². The van der Waals surface area contributed by atoms with Gasteiger partial charge in [0.25, 0.3) is 0 Å². The second kappa shape index (κ2) is 4.64. The lowest BCUT2D eigenvalue weighted by Gasteiger charge is -2.31. The van der Waals surface area contributed by atoms with Gasteiger partial charge in [-0.2, -0.15) is 0 Å². The van der Waals surface area contributed by atoms with Crippen molar-refractivity contribution in [2.75, 3.05) is 23.4 Å². The molecule has 0 saturated carbocycles. The van der Waals surface area contributed by atoms with Gasteiger partial charge >= 0.3 is 0 Å². The monoisotopic (exact) mass is 309 g/mol. The second-order valence-electron chi connectivity index (χ2n) is 4.65. The molecule has 2 fully saturated rings. The van der Waals surface area contributed by atoms with Crippen molar-refractivity contribution in [3.05, 3.63) is 0 Å². The first-order valence-corrected chi connectivity index (χ1v) is 8.52. The Morgan fingerprint density at radius 3 is 2.44 bits per heavy atom. The molecular weight excluding hydrogens is 294 g/mol. The van der Waals surface area contributed by atoms with Crippen molar-refractivity contribution < 1.29 is 13.2 Å². The zero-order valence-electron chi connectivity index (χ0n) is 9.06. The van der Waals surface area contributed by atoms with E-state index in [2.05, 4.69) is 15.9 Å². The summed E-state index contributed by atoms with van der Waals surface area (Å²) in [5.74, 6) is 1.06. The third-order valence-corrected chi connectivity index (χ3v) is 6.05. The van der Waals surface area contributed by atoms with Gasteiger partial charge < -0.3 is 4.90 Å². The SMILES string of the molecule is O=C1CC(CBr)CN1C1CCS(=O)(=O)CC1. The van der Waals surface area contributed by atoms with Crippen LogP contribution in [-0.4, -0.2) is 48.6 Å². The van der Waals surface area contributed by atoms with E-state index in [1.54, 1.807) is 0 Å². The maximum atomic E-state index is 11.8. The molecule has 0 aromatic rings. The number of nitrogens with zero attached hydrogens (tertiary/aromatic N) is 1. The zero-order chi connectivity index (χ0) is 11.8. The van der Waals surface area contributed by atoms with Crippen LogP contribution in [0.1, 0.15) is 19.3 Å². The van der Waals surface area contributed by atoms with Crippen LogP contribution in [0.15, 0.2) is 0 Å². The van der Waals surface area contributed by atoms with E-state index in [0.717, 1.165) is 11.9 Å². The molecule has 2 aliphatic heterocycles. The Bertz CT molecular complexity index is 368. The van der Waals surface area contributed by atoms with Gasteiger partial charge in [-0.05, 0) is 18.8 Å². The van der Waals surface area contributed by atoms with Crippen LogP contribution in [0.3, 0.4) is 0 Å². The normalized spacial score (nSPS) is 30.9. The fourth-order valence-electron chi connectivity index (χ4n) is 2.45. The van der Waals surface area contributed by atoms with E-state index < -0.39 is 9.84 Å². The van der Waals surface area contributed by atoms with E-state index in [9.17, 15) is 13.2 Å². The summed E-state index contributed by atoms with van der Waals surface area (Å²) in [6.45, 7) is 0.787. The van der Waals surface area contributed by atoms with Gasteiger partial charge in [-0.25, -0.2) is 8.42 Å². The molecule has 1 amide bonds. The highest BCUT2D eigenvalue weighted by Gasteiger charge is 2.36. The molecule has 6 heteroatoms. The van der Waals surface area contributed by atoms with Crippen molar-refractivity contribution >= 4 is 31.7 Å². The molecule has 2 rings (SSSR count). The number of carbonyl (C=O) groups is 1. The van der Waals surface area contributed by atoms with Gasteiger partial charge in [0, 0.05) is 24.3 Å². The van der Waals surface area contributed by atoms with Crippen LogP contribution in [0.4, 0.5) is 0 Å². The van der Waals surface area contributed by atoms with Gasteiger partial charge in [0.1, 0.15) is 9.84 Å². The molecular formula is C10H16BrNO3S. The predicted molar refractivity (Wildman–Crippen MR) is 65.3 cm³/mol. The number of hydrogen-bond acceptors (Lipinski definition) is 3. The Morgan fingerprint density at radius 2 is 1.94 bits per heavy atom. The van der Waals surface area contributed by atoms with Crippen molar-refractivity contribution in [2.24, 2.45) is 5.92 Å². The van der Waals surface area contributed by atoms with E-state index in [4.69, 9.17) is 0 Å². The second-order valence-corrected chi connectivity index (χ2v) is 7.60. The van der Waals surface area contributed by atoms with Gasteiger partial charge in [-0.15, -0.1) is 0 Å². The number of amides is 1.